The molecule has 0 saturated carbocycles. The van der Waals surface area contributed by atoms with Gasteiger partial charge in [-0.25, -0.2) is 15.0 Å². The van der Waals surface area contributed by atoms with Gasteiger partial charge in [0.15, 0.2) is 5.82 Å². The lowest BCUT2D eigenvalue weighted by Crippen LogP contribution is -2.39. The molecule has 17 heteroatoms. The normalized spacial score (nSPS) is 17.4. The van der Waals surface area contributed by atoms with Gasteiger partial charge >= 0.3 is 12.4 Å². The molecule has 0 N–H and O–H groups in total. The standard InChI is InChI=1S/C27H24Cl2F6N8O/c1-41-12-17(9-39-41)16-7-37-25(38-8-16)43(11-15-3-18(26(30,31)32)5-19(4-15)27(33,34)35)20-6-21(14-44-2)42(13-20)23-22(28)10-36-24(29)40-23/h3-5,7-10,12,20-21H,6,11,13-14H2,1-2H3/t20-,21?/m0/s1. The van der Waals surface area contributed by atoms with Crippen LogP contribution in [0, 0.1) is 0 Å². The monoisotopic (exact) mass is 660 g/mol. The van der Waals surface area contributed by atoms with E-state index in [1.165, 1.54) is 25.7 Å². The van der Waals surface area contributed by atoms with Crippen LogP contribution in [0.5, 0.6) is 0 Å². The predicted octanol–water partition coefficient (Wildman–Crippen LogP) is 6.31. The Morgan fingerprint density at radius 1 is 0.932 bits per heavy atom. The van der Waals surface area contributed by atoms with Crippen molar-refractivity contribution in [1.82, 2.24) is 29.7 Å². The molecule has 4 aromatic rings. The maximum absolute atomic E-state index is 13.7. The maximum atomic E-state index is 13.7. The summed E-state index contributed by atoms with van der Waals surface area (Å²) in [5.41, 5.74) is -1.71. The molecule has 44 heavy (non-hydrogen) atoms. The number of methoxy groups -OCH3 is 1. The van der Waals surface area contributed by atoms with Gasteiger partial charge in [0.2, 0.25) is 11.2 Å². The highest BCUT2D eigenvalue weighted by molar-refractivity contribution is 6.33. The number of aryl methyl sites for hydroxylation is 1. The molecule has 0 spiro atoms. The van der Waals surface area contributed by atoms with Crippen LogP contribution in [-0.4, -0.2) is 62.1 Å². The zero-order chi connectivity index (χ0) is 31.8. The Morgan fingerprint density at radius 3 is 2.16 bits per heavy atom. The third kappa shape index (κ3) is 7.00. The Kier molecular flexibility index (Phi) is 8.92. The topological polar surface area (TPSA) is 85.1 Å². The Bertz CT molecular complexity index is 1580. The number of nitrogens with zero attached hydrogens (tertiary/aromatic N) is 8. The number of benzene rings is 1. The van der Waals surface area contributed by atoms with Gasteiger partial charge in [0.05, 0.1) is 42.2 Å². The van der Waals surface area contributed by atoms with Crippen LogP contribution in [0.4, 0.5) is 38.1 Å². The van der Waals surface area contributed by atoms with Crippen LogP contribution >= 0.6 is 23.2 Å². The molecular formula is C27H24Cl2F6N8O. The summed E-state index contributed by atoms with van der Waals surface area (Å²) in [6.45, 7) is 0.0421. The lowest BCUT2D eigenvalue weighted by atomic mass is 10.0. The van der Waals surface area contributed by atoms with Gasteiger partial charge in [-0.15, -0.1) is 0 Å². The van der Waals surface area contributed by atoms with Crippen LogP contribution < -0.4 is 9.80 Å². The Morgan fingerprint density at radius 2 is 1.59 bits per heavy atom. The lowest BCUT2D eigenvalue weighted by Gasteiger charge is -2.30. The van der Waals surface area contributed by atoms with E-state index in [1.807, 2.05) is 4.90 Å². The SMILES string of the molecule is COCC1C[C@H](N(Cc2cc(C(F)(F)F)cc(C(F)(F)F)c2)c2ncc(-c3cnn(C)c3)cn2)CN1c1nc(Cl)ncc1Cl. The molecule has 1 aromatic carbocycles. The van der Waals surface area contributed by atoms with Crippen molar-refractivity contribution in [3.05, 3.63) is 76.2 Å². The first-order valence-electron chi connectivity index (χ1n) is 13.0. The van der Waals surface area contributed by atoms with E-state index < -0.39 is 29.5 Å². The summed E-state index contributed by atoms with van der Waals surface area (Å²) in [6, 6.07) is 0.644. The summed E-state index contributed by atoms with van der Waals surface area (Å²) < 4.78 is 89.1. The minimum Gasteiger partial charge on any atom is -0.383 e. The van der Waals surface area contributed by atoms with E-state index in [9.17, 15) is 26.3 Å². The van der Waals surface area contributed by atoms with Crippen molar-refractivity contribution in [2.24, 2.45) is 7.05 Å². The smallest absolute Gasteiger partial charge is 0.383 e. The van der Waals surface area contributed by atoms with Crippen LogP contribution in [0.2, 0.25) is 10.3 Å². The Hall–Kier alpha value is -3.69. The second kappa shape index (κ2) is 12.4. The fourth-order valence-corrected chi connectivity index (χ4v) is 5.45. The van der Waals surface area contributed by atoms with Crippen LogP contribution in [0.3, 0.4) is 0 Å². The zero-order valence-electron chi connectivity index (χ0n) is 23.1. The molecule has 1 fully saturated rings. The molecule has 1 aliphatic heterocycles. The lowest BCUT2D eigenvalue weighted by molar-refractivity contribution is -0.143. The van der Waals surface area contributed by atoms with Gasteiger partial charge in [-0.3, -0.25) is 4.68 Å². The second-order valence-electron chi connectivity index (χ2n) is 10.2. The van der Waals surface area contributed by atoms with Gasteiger partial charge in [-0.1, -0.05) is 11.6 Å². The van der Waals surface area contributed by atoms with Crippen LogP contribution in [0.15, 0.2) is 49.2 Å². The maximum Gasteiger partial charge on any atom is 0.416 e. The number of hydrogen-bond acceptors (Lipinski definition) is 8. The number of aromatic nitrogens is 6. The first kappa shape index (κ1) is 31.7. The fourth-order valence-electron chi connectivity index (χ4n) is 5.13. The summed E-state index contributed by atoms with van der Waals surface area (Å²) in [6.07, 6.45) is -1.93. The number of anilines is 2. The third-order valence-corrected chi connectivity index (χ3v) is 7.54. The van der Waals surface area contributed by atoms with Gasteiger partial charge in [0.1, 0.15) is 5.02 Å². The van der Waals surface area contributed by atoms with Gasteiger partial charge < -0.3 is 14.5 Å². The van der Waals surface area contributed by atoms with E-state index in [2.05, 4.69) is 25.0 Å². The summed E-state index contributed by atoms with van der Waals surface area (Å²) in [5.74, 6) is 0.404. The van der Waals surface area contributed by atoms with E-state index in [-0.39, 0.29) is 53.6 Å². The average Bonchev–Trinajstić information content (AvgIpc) is 3.58. The van der Waals surface area contributed by atoms with E-state index in [0.717, 1.165) is 5.56 Å². The minimum atomic E-state index is -5.00. The number of alkyl halides is 6. The molecule has 1 aliphatic rings. The zero-order valence-corrected chi connectivity index (χ0v) is 24.6. The van der Waals surface area contributed by atoms with Gasteiger partial charge in [0.25, 0.3) is 0 Å². The highest BCUT2D eigenvalue weighted by atomic mass is 35.5. The van der Waals surface area contributed by atoms with Gasteiger partial charge in [-0.2, -0.15) is 36.4 Å². The molecule has 0 bridgehead atoms. The molecule has 4 heterocycles. The number of hydrogen-bond donors (Lipinski definition) is 0. The third-order valence-electron chi connectivity index (χ3n) is 7.09. The Balaban J connectivity index is 1.57. The molecule has 1 saturated heterocycles. The molecule has 9 nitrogen and oxygen atoms in total. The van der Waals surface area contributed by atoms with Crippen molar-refractivity contribution >= 4 is 35.0 Å². The quantitative estimate of drug-likeness (QED) is 0.161. The van der Waals surface area contributed by atoms with E-state index in [1.54, 1.807) is 29.0 Å². The van der Waals surface area contributed by atoms with Crippen molar-refractivity contribution in [2.45, 2.75) is 37.4 Å². The van der Waals surface area contributed by atoms with Crippen molar-refractivity contribution in [2.75, 3.05) is 30.1 Å². The van der Waals surface area contributed by atoms with Crippen molar-refractivity contribution in [3.8, 4) is 11.1 Å². The van der Waals surface area contributed by atoms with E-state index in [4.69, 9.17) is 27.9 Å². The molecule has 0 aliphatic carbocycles. The van der Waals surface area contributed by atoms with Crippen LogP contribution in [0.1, 0.15) is 23.1 Å². The highest BCUT2D eigenvalue weighted by Gasteiger charge is 2.40. The fraction of sp³-hybridized carbons (Fsp3) is 0.370. The number of halogens is 8. The summed E-state index contributed by atoms with van der Waals surface area (Å²) in [7, 11) is 3.24. The van der Waals surface area contributed by atoms with Crippen molar-refractivity contribution < 1.29 is 31.1 Å². The molecule has 3 aromatic heterocycles. The summed E-state index contributed by atoms with van der Waals surface area (Å²) >= 11 is 12.4. The molecule has 0 radical (unpaired) electrons. The first-order valence-corrected chi connectivity index (χ1v) is 13.8. The predicted molar refractivity (Wildman–Crippen MR) is 150 cm³/mol. The van der Waals surface area contributed by atoms with Gasteiger partial charge in [0, 0.05) is 57.0 Å². The average molecular weight is 661 g/mol. The molecular weight excluding hydrogens is 637 g/mol. The summed E-state index contributed by atoms with van der Waals surface area (Å²) in [5, 5.41) is 4.27. The molecule has 0 amide bonds. The molecule has 2 atom stereocenters. The molecule has 234 valence electrons. The first-order chi connectivity index (χ1) is 20.7. The van der Waals surface area contributed by atoms with Crippen LogP contribution in [0.25, 0.3) is 11.1 Å². The van der Waals surface area contributed by atoms with E-state index in [0.29, 0.717) is 29.9 Å². The molecule has 1 unspecified atom stereocenters. The molecule has 5 rings (SSSR count). The van der Waals surface area contributed by atoms with Crippen molar-refractivity contribution in [3.63, 3.8) is 0 Å². The van der Waals surface area contributed by atoms with Gasteiger partial charge in [-0.05, 0) is 41.8 Å². The minimum absolute atomic E-state index is 0.0566. The van der Waals surface area contributed by atoms with Crippen LogP contribution in [-0.2, 0) is 30.7 Å². The number of rotatable bonds is 8. The summed E-state index contributed by atoms with van der Waals surface area (Å²) in [4.78, 5) is 20.4. The second-order valence-corrected chi connectivity index (χ2v) is 10.9. The van der Waals surface area contributed by atoms with E-state index >= 15 is 0 Å². The largest absolute Gasteiger partial charge is 0.416 e. The highest BCUT2D eigenvalue weighted by Crippen LogP contribution is 2.38. The Labute approximate surface area is 257 Å². The number of ether oxygens (including phenoxy) is 1. The van der Waals surface area contributed by atoms with Crippen molar-refractivity contribution in [1.29, 1.82) is 0 Å².